The van der Waals surface area contributed by atoms with Crippen molar-refractivity contribution in [2.24, 2.45) is 5.92 Å². The SMILES string of the molecule is CCc1cccc(NC(=O)C(NC(=O)c2ccc(Cl)cc2Cl)C(C)C)c1. The van der Waals surface area contributed by atoms with E-state index >= 15 is 0 Å². The largest absolute Gasteiger partial charge is 0.340 e. The molecule has 2 aromatic carbocycles. The summed E-state index contributed by atoms with van der Waals surface area (Å²) in [6.07, 6.45) is 0.878. The molecule has 138 valence electrons. The lowest BCUT2D eigenvalue weighted by atomic mass is 10.0. The number of hydrogen-bond acceptors (Lipinski definition) is 2. The number of aryl methyl sites for hydroxylation is 1. The lowest BCUT2D eigenvalue weighted by Gasteiger charge is -2.22. The van der Waals surface area contributed by atoms with Crippen LogP contribution in [0.5, 0.6) is 0 Å². The molecule has 1 unspecified atom stereocenters. The van der Waals surface area contributed by atoms with E-state index in [9.17, 15) is 9.59 Å². The van der Waals surface area contributed by atoms with Gasteiger partial charge < -0.3 is 10.6 Å². The Labute approximate surface area is 163 Å². The van der Waals surface area contributed by atoms with Crippen molar-refractivity contribution in [2.45, 2.75) is 33.2 Å². The van der Waals surface area contributed by atoms with E-state index in [1.165, 1.54) is 6.07 Å². The van der Waals surface area contributed by atoms with E-state index in [1.54, 1.807) is 12.1 Å². The second-order valence-electron chi connectivity index (χ2n) is 6.36. The van der Waals surface area contributed by atoms with E-state index in [-0.39, 0.29) is 22.4 Å². The lowest BCUT2D eigenvalue weighted by molar-refractivity contribution is -0.118. The minimum absolute atomic E-state index is 0.0978. The molecule has 2 amide bonds. The third-order valence-corrected chi connectivity index (χ3v) is 4.56. The quantitative estimate of drug-likeness (QED) is 0.730. The smallest absolute Gasteiger partial charge is 0.253 e. The first kappa shape index (κ1) is 20.3. The zero-order valence-corrected chi connectivity index (χ0v) is 16.5. The highest BCUT2D eigenvalue weighted by Gasteiger charge is 2.25. The second kappa shape index (κ2) is 9.06. The van der Waals surface area contributed by atoms with Gasteiger partial charge in [-0.25, -0.2) is 0 Å². The summed E-state index contributed by atoms with van der Waals surface area (Å²) in [6, 6.07) is 11.6. The van der Waals surface area contributed by atoms with Gasteiger partial charge in [-0.2, -0.15) is 0 Å². The maximum Gasteiger partial charge on any atom is 0.253 e. The molecule has 26 heavy (non-hydrogen) atoms. The molecule has 6 heteroatoms. The van der Waals surface area contributed by atoms with Gasteiger partial charge >= 0.3 is 0 Å². The normalized spacial score (nSPS) is 11.9. The Morgan fingerprint density at radius 1 is 1.08 bits per heavy atom. The molecule has 4 nitrogen and oxygen atoms in total. The Hall–Kier alpha value is -2.04. The van der Waals surface area contributed by atoms with Gasteiger partial charge in [-0.15, -0.1) is 0 Å². The summed E-state index contributed by atoms with van der Waals surface area (Å²) in [4.78, 5) is 25.2. The number of hydrogen-bond donors (Lipinski definition) is 2. The van der Waals surface area contributed by atoms with Crippen LogP contribution in [0.15, 0.2) is 42.5 Å². The molecule has 0 saturated heterocycles. The van der Waals surface area contributed by atoms with Crippen LogP contribution in [0.4, 0.5) is 5.69 Å². The lowest BCUT2D eigenvalue weighted by Crippen LogP contribution is -2.47. The van der Waals surface area contributed by atoms with Crippen molar-refractivity contribution < 1.29 is 9.59 Å². The number of benzene rings is 2. The highest BCUT2D eigenvalue weighted by atomic mass is 35.5. The zero-order chi connectivity index (χ0) is 19.3. The summed E-state index contributed by atoms with van der Waals surface area (Å²) in [5.41, 5.74) is 2.11. The molecule has 2 rings (SSSR count). The third kappa shape index (κ3) is 5.23. The Balaban J connectivity index is 2.14. The number of halogens is 2. The summed E-state index contributed by atoms with van der Waals surface area (Å²) >= 11 is 11.9. The molecule has 0 aromatic heterocycles. The van der Waals surface area contributed by atoms with Gasteiger partial charge in [0.15, 0.2) is 0 Å². The van der Waals surface area contributed by atoms with E-state index in [0.717, 1.165) is 12.0 Å². The monoisotopic (exact) mass is 392 g/mol. The van der Waals surface area contributed by atoms with Gasteiger partial charge in [-0.3, -0.25) is 9.59 Å². The van der Waals surface area contributed by atoms with Gasteiger partial charge in [0.2, 0.25) is 5.91 Å². The molecule has 0 saturated carbocycles. The summed E-state index contributed by atoms with van der Waals surface area (Å²) in [5, 5.41) is 6.32. The molecule has 2 aromatic rings. The summed E-state index contributed by atoms with van der Waals surface area (Å²) < 4.78 is 0. The van der Waals surface area contributed by atoms with Gasteiger partial charge in [0.05, 0.1) is 10.6 Å². The minimum Gasteiger partial charge on any atom is -0.340 e. The highest BCUT2D eigenvalue weighted by molar-refractivity contribution is 6.36. The van der Waals surface area contributed by atoms with E-state index in [0.29, 0.717) is 10.7 Å². The van der Waals surface area contributed by atoms with Crippen molar-refractivity contribution in [1.82, 2.24) is 5.32 Å². The fourth-order valence-electron chi connectivity index (χ4n) is 2.52. The van der Waals surface area contributed by atoms with E-state index in [1.807, 2.05) is 45.0 Å². The molecule has 0 spiro atoms. The molecule has 0 aliphatic heterocycles. The van der Waals surface area contributed by atoms with Gasteiger partial charge in [0, 0.05) is 10.7 Å². The van der Waals surface area contributed by atoms with Crippen molar-refractivity contribution in [2.75, 3.05) is 5.32 Å². The first-order valence-corrected chi connectivity index (χ1v) is 9.23. The Bertz CT molecular complexity index is 806. The first-order valence-electron chi connectivity index (χ1n) is 8.47. The van der Waals surface area contributed by atoms with Gasteiger partial charge in [-0.05, 0) is 48.2 Å². The van der Waals surface area contributed by atoms with Crippen LogP contribution in [0.3, 0.4) is 0 Å². The predicted molar refractivity (Wildman–Crippen MR) is 107 cm³/mol. The van der Waals surface area contributed by atoms with Crippen molar-refractivity contribution in [1.29, 1.82) is 0 Å². The number of anilines is 1. The van der Waals surface area contributed by atoms with Crippen molar-refractivity contribution in [3.8, 4) is 0 Å². The van der Waals surface area contributed by atoms with Crippen LogP contribution >= 0.6 is 23.2 Å². The number of amides is 2. The maximum atomic E-state index is 12.7. The molecule has 2 N–H and O–H groups in total. The second-order valence-corrected chi connectivity index (χ2v) is 7.21. The molecule has 0 radical (unpaired) electrons. The minimum atomic E-state index is -0.695. The summed E-state index contributed by atoms with van der Waals surface area (Å²) in [7, 11) is 0. The van der Waals surface area contributed by atoms with Gasteiger partial charge in [0.1, 0.15) is 6.04 Å². The van der Waals surface area contributed by atoms with Crippen LogP contribution in [-0.2, 0) is 11.2 Å². The molecule has 1 atom stereocenters. The Morgan fingerprint density at radius 2 is 1.81 bits per heavy atom. The van der Waals surface area contributed by atoms with Gasteiger partial charge in [-0.1, -0.05) is 56.1 Å². The molecule has 0 bridgehead atoms. The van der Waals surface area contributed by atoms with Crippen LogP contribution < -0.4 is 10.6 Å². The number of carbonyl (C=O) groups is 2. The predicted octanol–water partition coefficient (Wildman–Crippen LogP) is 4.95. The van der Waals surface area contributed by atoms with E-state index < -0.39 is 11.9 Å². The first-order chi connectivity index (χ1) is 12.3. The number of rotatable bonds is 6. The van der Waals surface area contributed by atoms with Crippen LogP contribution in [0, 0.1) is 5.92 Å². The summed E-state index contributed by atoms with van der Waals surface area (Å²) in [5.74, 6) is -0.783. The molecule has 0 fully saturated rings. The molecular formula is C20H22Cl2N2O2. The average molecular weight is 393 g/mol. The fraction of sp³-hybridized carbons (Fsp3) is 0.300. The molecular weight excluding hydrogens is 371 g/mol. The topological polar surface area (TPSA) is 58.2 Å². The van der Waals surface area contributed by atoms with Crippen molar-refractivity contribution in [3.05, 3.63) is 63.6 Å². The maximum absolute atomic E-state index is 12.7. The van der Waals surface area contributed by atoms with E-state index in [4.69, 9.17) is 23.2 Å². The van der Waals surface area contributed by atoms with Crippen LogP contribution in [0.25, 0.3) is 0 Å². The van der Waals surface area contributed by atoms with Crippen LogP contribution in [-0.4, -0.2) is 17.9 Å². The number of nitrogens with one attached hydrogen (secondary N) is 2. The average Bonchev–Trinajstić information content (AvgIpc) is 2.59. The molecule has 0 aliphatic rings. The molecule has 0 heterocycles. The van der Waals surface area contributed by atoms with Crippen molar-refractivity contribution >= 4 is 40.7 Å². The third-order valence-electron chi connectivity index (χ3n) is 4.01. The fourth-order valence-corrected chi connectivity index (χ4v) is 3.01. The zero-order valence-electron chi connectivity index (χ0n) is 15.0. The number of carbonyl (C=O) groups excluding carboxylic acids is 2. The van der Waals surface area contributed by atoms with Crippen LogP contribution in [0.2, 0.25) is 10.0 Å². The summed E-state index contributed by atoms with van der Waals surface area (Å²) in [6.45, 7) is 5.79. The Morgan fingerprint density at radius 3 is 2.42 bits per heavy atom. The van der Waals surface area contributed by atoms with Crippen molar-refractivity contribution in [3.63, 3.8) is 0 Å². The molecule has 0 aliphatic carbocycles. The van der Waals surface area contributed by atoms with Gasteiger partial charge in [0.25, 0.3) is 5.91 Å². The Kier molecular flexibility index (Phi) is 7.06. The standard InChI is InChI=1S/C20H22Cl2N2O2/c1-4-13-6-5-7-15(10-13)23-20(26)18(12(2)3)24-19(25)16-9-8-14(21)11-17(16)22/h5-12,18H,4H2,1-3H3,(H,23,26)(H,24,25). The van der Waals surface area contributed by atoms with Crippen LogP contribution in [0.1, 0.15) is 36.7 Å². The van der Waals surface area contributed by atoms with E-state index in [2.05, 4.69) is 10.6 Å². The highest BCUT2D eigenvalue weighted by Crippen LogP contribution is 2.21.